The summed E-state index contributed by atoms with van der Waals surface area (Å²) in [5.41, 5.74) is 1.14. The number of benzene rings is 2. The Hall–Kier alpha value is -2.27. The van der Waals surface area contributed by atoms with Crippen LogP contribution in [0.25, 0.3) is 0 Å². The fraction of sp³-hybridized carbons (Fsp3) is 0.176. The summed E-state index contributed by atoms with van der Waals surface area (Å²) in [6.07, 6.45) is 2.00. The van der Waals surface area contributed by atoms with Crippen LogP contribution in [0.1, 0.15) is 17.3 Å². The Morgan fingerprint density at radius 3 is 2.50 bits per heavy atom. The van der Waals surface area contributed by atoms with E-state index in [1.165, 1.54) is 6.92 Å². The smallest absolute Gasteiger partial charge is 0.262 e. The highest BCUT2D eigenvalue weighted by Crippen LogP contribution is 2.19. The Morgan fingerprint density at radius 1 is 1.14 bits per heavy atom. The molecule has 0 aliphatic carbocycles. The van der Waals surface area contributed by atoms with Gasteiger partial charge in [0.25, 0.3) is 5.91 Å². The molecule has 4 nitrogen and oxygen atoms in total. The fourth-order valence-corrected chi connectivity index (χ4v) is 2.24. The molecule has 22 heavy (non-hydrogen) atoms. The molecule has 0 bridgehead atoms. The fourth-order valence-electron chi connectivity index (χ4n) is 1.83. The molecule has 0 fully saturated rings. The summed E-state index contributed by atoms with van der Waals surface area (Å²) in [6, 6.07) is 14.4. The number of Topliss-reactive ketones (excluding diaryl/α,β-unsaturated/α-hetero) is 1. The third kappa shape index (κ3) is 4.63. The standard InChI is InChI=1S/C17H17NO3S/c1-12(19)13-4-3-5-14(10-13)18-17(20)11-21-15-6-8-16(22-2)9-7-15/h3-10H,11H2,1-2H3,(H,18,20). The third-order valence-corrected chi connectivity index (χ3v) is 3.73. The number of ketones is 1. The predicted molar refractivity (Wildman–Crippen MR) is 88.8 cm³/mol. The van der Waals surface area contributed by atoms with Crippen LogP contribution in [-0.2, 0) is 4.79 Å². The zero-order valence-electron chi connectivity index (χ0n) is 12.5. The van der Waals surface area contributed by atoms with E-state index in [2.05, 4.69) is 5.32 Å². The largest absolute Gasteiger partial charge is 0.484 e. The Bertz CT molecular complexity index is 668. The summed E-state index contributed by atoms with van der Waals surface area (Å²) in [5, 5.41) is 2.71. The van der Waals surface area contributed by atoms with Crippen molar-refractivity contribution in [3.63, 3.8) is 0 Å². The Balaban J connectivity index is 1.89. The quantitative estimate of drug-likeness (QED) is 0.653. The van der Waals surface area contributed by atoms with Crippen LogP contribution in [0.5, 0.6) is 5.75 Å². The van der Waals surface area contributed by atoms with Crippen LogP contribution in [-0.4, -0.2) is 24.6 Å². The maximum Gasteiger partial charge on any atom is 0.262 e. The van der Waals surface area contributed by atoms with Crippen molar-refractivity contribution in [3.8, 4) is 5.75 Å². The molecule has 1 amide bonds. The van der Waals surface area contributed by atoms with E-state index in [0.717, 1.165) is 4.90 Å². The molecular formula is C17H17NO3S. The van der Waals surface area contributed by atoms with E-state index in [1.54, 1.807) is 36.0 Å². The number of hydrogen-bond donors (Lipinski definition) is 1. The zero-order valence-corrected chi connectivity index (χ0v) is 13.3. The first kappa shape index (κ1) is 16.1. The molecule has 0 saturated heterocycles. The number of anilines is 1. The molecule has 0 saturated carbocycles. The molecule has 2 rings (SSSR count). The van der Waals surface area contributed by atoms with Crippen molar-refractivity contribution in [1.29, 1.82) is 0 Å². The lowest BCUT2D eigenvalue weighted by Crippen LogP contribution is -2.20. The summed E-state index contributed by atoms with van der Waals surface area (Å²) in [4.78, 5) is 24.3. The van der Waals surface area contributed by atoms with Gasteiger partial charge in [-0.3, -0.25) is 9.59 Å². The number of amides is 1. The van der Waals surface area contributed by atoms with Crippen molar-refractivity contribution in [2.75, 3.05) is 18.2 Å². The normalized spacial score (nSPS) is 10.1. The van der Waals surface area contributed by atoms with Gasteiger partial charge in [0.05, 0.1) is 0 Å². The summed E-state index contributed by atoms with van der Waals surface area (Å²) in [6.45, 7) is 1.41. The minimum atomic E-state index is -0.269. The van der Waals surface area contributed by atoms with Gasteiger partial charge >= 0.3 is 0 Å². The van der Waals surface area contributed by atoms with E-state index in [0.29, 0.717) is 17.0 Å². The number of rotatable bonds is 6. The summed E-state index contributed by atoms with van der Waals surface area (Å²) in [5.74, 6) is 0.335. The minimum absolute atomic E-state index is 0.0405. The highest BCUT2D eigenvalue weighted by atomic mass is 32.2. The third-order valence-electron chi connectivity index (χ3n) is 2.98. The molecule has 0 atom stereocenters. The van der Waals surface area contributed by atoms with Gasteiger partial charge in [-0.2, -0.15) is 0 Å². The topological polar surface area (TPSA) is 55.4 Å². The zero-order chi connectivity index (χ0) is 15.9. The average molecular weight is 315 g/mol. The first-order valence-electron chi connectivity index (χ1n) is 6.76. The second-order valence-electron chi connectivity index (χ2n) is 4.65. The van der Waals surface area contributed by atoms with Crippen molar-refractivity contribution in [3.05, 3.63) is 54.1 Å². The molecule has 0 unspecified atom stereocenters. The molecule has 114 valence electrons. The number of ether oxygens (including phenoxy) is 1. The first-order chi connectivity index (χ1) is 10.6. The molecule has 0 aliphatic rings. The number of carbonyl (C=O) groups excluding carboxylic acids is 2. The van der Waals surface area contributed by atoms with Gasteiger partial charge in [-0.05, 0) is 49.6 Å². The minimum Gasteiger partial charge on any atom is -0.484 e. The maximum absolute atomic E-state index is 11.9. The monoisotopic (exact) mass is 315 g/mol. The Morgan fingerprint density at radius 2 is 1.86 bits per heavy atom. The van der Waals surface area contributed by atoms with E-state index in [1.807, 2.05) is 30.5 Å². The number of hydrogen-bond acceptors (Lipinski definition) is 4. The van der Waals surface area contributed by atoms with Crippen molar-refractivity contribution >= 4 is 29.1 Å². The molecule has 0 spiro atoms. The van der Waals surface area contributed by atoms with E-state index < -0.39 is 0 Å². The molecule has 5 heteroatoms. The van der Waals surface area contributed by atoms with Gasteiger partial charge in [-0.15, -0.1) is 11.8 Å². The molecular weight excluding hydrogens is 298 g/mol. The second-order valence-corrected chi connectivity index (χ2v) is 5.53. The lowest BCUT2D eigenvalue weighted by atomic mass is 10.1. The first-order valence-corrected chi connectivity index (χ1v) is 7.98. The van der Waals surface area contributed by atoms with Crippen LogP contribution in [0.4, 0.5) is 5.69 Å². The molecule has 2 aromatic rings. The molecule has 1 N–H and O–H groups in total. The van der Waals surface area contributed by atoms with Crippen LogP contribution in [0.2, 0.25) is 0 Å². The summed E-state index contributed by atoms with van der Waals surface area (Å²) >= 11 is 1.64. The van der Waals surface area contributed by atoms with Crippen molar-refractivity contribution in [2.45, 2.75) is 11.8 Å². The van der Waals surface area contributed by atoms with Gasteiger partial charge in [-0.25, -0.2) is 0 Å². The highest BCUT2D eigenvalue weighted by molar-refractivity contribution is 7.98. The summed E-state index contributed by atoms with van der Waals surface area (Å²) in [7, 11) is 0. The number of carbonyl (C=O) groups is 2. The Labute approximate surface area is 133 Å². The van der Waals surface area contributed by atoms with Gasteiger partial charge in [0, 0.05) is 16.1 Å². The lowest BCUT2D eigenvalue weighted by Gasteiger charge is -2.08. The van der Waals surface area contributed by atoms with Gasteiger partial charge in [0.2, 0.25) is 0 Å². The van der Waals surface area contributed by atoms with Crippen LogP contribution in [0.15, 0.2) is 53.4 Å². The van der Waals surface area contributed by atoms with Crippen LogP contribution in [0, 0.1) is 0 Å². The van der Waals surface area contributed by atoms with Crippen LogP contribution in [0.3, 0.4) is 0 Å². The van der Waals surface area contributed by atoms with Gasteiger partial charge in [-0.1, -0.05) is 12.1 Å². The Kier molecular flexibility index (Phi) is 5.61. The molecule has 0 radical (unpaired) electrons. The van der Waals surface area contributed by atoms with E-state index in [9.17, 15) is 9.59 Å². The molecule has 0 aromatic heterocycles. The lowest BCUT2D eigenvalue weighted by molar-refractivity contribution is -0.118. The molecule has 0 aliphatic heterocycles. The van der Waals surface area contributed by atoms with Gasteiger partial charge < -0.3 is 10.1 Å². The summed E-state index contributed by atoms with van der Waals surface area (Å²) < 4.78 is 5.43. The van der Waals surface area contributed by atoms with Gasteiger partial charge in [0.15, 0.2) is 12.4 Å². The van der Waals surface area contributed by atoms with Crippen LogP contribution < -0.4 is 10.1 Å². The SMILES string of the molecule is CSc1ccc(OCC(=O)Nc2cccc(C(C)=O)c2)cc1. The molecule has 0 heterocycles. The van der Waals surface area contributed by atoms with Crippen molar-refractivity contribution in [1.82, 2.24) is 0 Å². The van der Waals surface area contributed by atoms with Crippen molar-refractivity contribution in [2.24, 2.45) is 0 Å². The second kappa shape index (κ2) is 7.66. The highest BCUT2D eigenvalue weighted by Gasteiger charge is 2.06. The average Bonchev–Trinajstić information content (AvgIpc) is 2.53. The van der Waals surface area contributed by atoms with Crippen molar-refractivity contribution < 1.29 is 14.3 Å². The maximum atomic E-state index is 11.9. The van der Waals surface area contributed by atoms with E-state index in [4.69, 9.17) is 4.74 Å². The van der Waals surface area contributed by atoms with Crippen LogP contribution >= 0.6 is 11.8 Å². The van der Waals surface area contributed by atoms with Gasteiger partial charge in [0.1, 0.15) is 5.75 Å². The molecule has 2 aromatic carbocycles. The predicted octanol–water partition coefficient (Wildman–Crippen LogP) is 3.63. The number of thioether (sulfide) groups is 1. The van der Waals surface area contributed by atoms with E-state index in [-0.39, 0.29) is 18.3 Å². The number of nitrogens with one attached hydrogen (secondary N) is 1. The van der Waals surface area contributed by atoms with E-state index >= 15 is 0 Å².